The van der Waals surface area contributed by atoms with Gasteiger partial charge in [-0.3, -0.25) is 10.1 Å². The van der Waals surface area contributed by atoms with Crippen LogP contribution in [0.1, 0.15) is 11.1 Å². The number of rotatable bonds is 3. The zero-order valence-electron chi connectivity index (χ0n) is 9.85. The minimum absolute atomic E-state index is 0.0147. The average Bonchev–Trinajstić information content (AvgIpc) is 2.35. The Bertz CT molecular complexity index is 629. The van der Waals surface area contributed by atoms with E-state index in [0.29, 0.717) is 11.1 Å². The van der Waals surface area contributed by atoms with Crippen molar-refractivity contribution in [3.63, 3.8) is 0 Å². The smallest absolute Gasteiger partial charge is 0.270 e. The van der Waals surface area contributed by atoms with Gasteiger partial charge >= 0.3 is 0 Å². The molecule has 19 heavy (non-hydrogen) atoms. The highest BCUT2D eigenvalue weighted by Crippen LogP contribution is 2.22. The normalized spacial score (nSPS) is 10.7. The van der Waals surface area contributed by atoms with Gasteiger partial charge in [0.1, 0.15) is 11.5 Å². The predicted molar refractivity (Wildman–Crippen MR) is 71.8 cm³/mol. The Kier molecular flexibility index (Phi) is 3.47. The fourth-order valence-electron chi connectivity index (χ4n) is 1.65. The van der Waals surface area contributed by atoms with Crippen molar-refractivity contribution >= 4 is 17.8 Å². The fraction of sp³-hybridized carbons (Fsp3) is 0. The van der Waals surface area contributed by atoms with Crippen LogP contribution in [0.3, 0.4) is 0 Å². The minimum atomic E-state index is -0.461. The van der Waals surface area contributed by atoms with E-state index in [1.54, 1.807) is 24.3 Å². The summed E-state index contributed by atoms with van der Waals surface area (Å²) in [5, 5.41) is 29.3. The molecule has 5 nitrogen and oxygen atoms in total. The molecule has 0 aromatic heterocycles. The van der Waals surface area contributed by atoms with Gasteiger partial charge in [-0.05, 0) is 23.3 Å². The Morgan fingerprint density at radius 2 is 1.58 bits per heavy atom. The highest BCUT2D eigenvalue weighted by molar-refractivity contribution is 5.71. The highest BCUT2D eigenvalue weighted by Gasteiger charge is 2.03. The summed E-state index contributed by atoms with van der Waals surface area (Å²) in [6, 6.07) is 10.4. The van der Waals surface area contributed by atoms with Crippen LogP contribution in [0.2, 0.25) is 0 Å². The van der Waals surface area contributed by atoms with Gasteiger partial charge in [-0.2, -0.15) is 0 Å². The molecule has 0 unspecified atom stereocenters. The second-order valence-corrected chi connectivity index (χ2v) is 3.97. The number of phenolic OH excluding ortho intramolecular Hbond substituents is 2. The number of nitro groups is 1. The standard InChI is InChI=1S/C14H11NO4/c16-13-7-11(8-14(17)9-13)5-4-10-2-1-3-12(6-10)15(18)19/h1-9,16-17H/b5-4+. The van der Waals surface area contributed by atoms with Crippen molar-refractivity contribution in [1.29, 1.82) is 0 Å². The van der Waals surface area contributed by atoms with Gasteiger partial charge in [0.2, 0.25) is 0 Å². The Morgan fingerprint density at radius 3 is 2.21 bits per heavy atom. The molecule has 0 saturated carbocycles. The Morgan fingerprint density at radius 1 is 0.947 bits per heavy atom. The molecule has 0 radical (unpaired) electrons. The number of aromatic hydroxyl groups is 2. The molecule has 0 spiro atoms. The lowest BCUT2D eigenvalue weighted by Crippen LogP contribution is -1.87. The SMILES string of the molecule is O=[N+]([O-])c1cccc(/C=C/c2cc(O)cc(O)c2)c1. The maximum atomic E-state index is 10.6. The number of hydrogen-bond acceptors (Lipinski definition) is 4. The molecule has 96 valence electrons. The molecule has 0 aliphatic carbocycles. The first-order chi connectivity index (χ1) is 9.04. The lowest BCUT2D eigenvalue weighted by atomic mass is 10.1. The first kappa shape index (κ1) is 12.6. The van der Waals surface area contributed by atoms with Crippen molar-refractivity contribution in [2.45, 2.75) is 0 Å². The van der Waals surface area contributed by atoms with Gasteiger partial charge < -0.3 is 10.2 Å². The zero-order valence-corrected chi connectivity index (χ0v) is 9.85. The van der Waals surface area contributed by atoms with Crippen molar-refractivity contribution in [3.8, 4) is 11.5 Å². The molecule has 2 rings (SSSR count). The van der Waals surface area contributed by atoms with Gasteiger partial charge in [-0.15, -0.1) is 0 Å². The second kappa shape index (κ2) is 5.22. The van der Waals surface area contributed by atoms with E-state index in [0.717, 1.165) is 0 Å². The van der Waals surface area contributed by atoms with E-state index in [4.69, 9.17) is 0 Å². The summed E-state index contributed by atoms with van der Waals surface area (Å²) >= 11 is 0. The summed E-state index contributed by atoms with van der Waals surface area (Å²) in [4.78, 5) is 10.2. The van der Waals surface area contributed by atoms with Gasteiger partial charge in [0.25, 0.3) is 5.69 Å². The van der Waals surface area contributed by atoms with Crippen molar-refractivity contribution in [1.82, 2.24) is 0 Å². The maximum absolute atomic E-state index is 10.6. The number of phenols is 2. The van der Waals surface area contributed by atoms with E-state index in [1.807, 2.05) is 0 Å². The van der Waals surface area contributed by atoms with Gasteiger partial charge in [-0.25, -0.2) is 0 Å². The Hall–Kier alpha value is -2.82. The van der Waals surface area contributed by atoms with E-state index < -0.39 is 4.92 Å². The number of benzene rings is 2. The monoisotopic (exact) mass is 257 g/mol. The molecule has 5 heteroatoms. The van der Waals surface area contributed by atoms with E-state index in [9.17, 15) is 20.3 Å². The third-order valence-electron chi connectivity index (χ3n) is 2.47. The van der Waals surface area contributed by atoms with E-state index in [1.165, 1.54) is 30.3 Å². The van der Waals surface area contributed by atoms with Crippen LogP contribution >= 0.6 is 0 Å². The topological polar surface area (TPSA) is 83.6 Å². The van der Waals surface area contributed by atoms with Gasteiger partial charge in [-0.1, -0.05) is 24.3 Å². The van der Waals surface area contributed by atoms with Crippen LogP contribution in [0.15, 0.2) is 42.5 Å². The van der Waals surface area contributed by atoms with E-state index in [2.05, 4.69) is 0 Å². The molecule has 0 amide bonds. The summed E-state index contributed by atoms with van der Waals surface area (Å²) < 4.78 is 0. The average molecular weight is 257 g/mol. The number of nitrogens with zero attached hydrogens (tertiary/aromatic N) is 1. The molecular weight excluding hydrogens is 246 g/mol. The molecule has 0 atom stereocenters. The molecule has 0 fully saturated rings. The third-order valence-corrected chi connectivity index (χ3v) is 2.47. The largest absolute Gasteiger partial charge is 0.508 e. The first-order valence-corrected chi connectivity index (χ1v) is 5.50. The zero-order chi connectivity index (χ0) is 13.8. The maximum Gasteiger partial charge on any atom is 0.270 e. The summed E-state index contributed by atoms with van der Waals surface area (Å²) in [6.45, 7) is 0. The minimum Gasteiger partial charge on any atom is -0.508 e. The predicted octanol–water partition coefficient (Wildman–Crippen LogP) is 3.18. The summed E-state index contributed by atoms with van der Waals surface area (Å²) in [7, 11) is 0. The molecule has 0 aliphatic heterocycles. The summed E-state index contributed by atoms with van der Waals surface area (Å²) in [5.41, 5.74) is 1.28. The van der Waals surface area contributed by atoms with Gasteiger partial charge in [0.15, 0.2) is 0 Å². The first-order valence-electron chi connectivity index (χ1n) is 5.50. The van der Waals surface area contributed by atoms with Crippen LogP contribution in [-0.2, 0) is 0 Å². The molecule has 0 saturated heterocycles. The third kappa shape index (κ3) is 3.32. The Balaban J connectivity index is 2.27. The molecule has 0 bridgehead atoms. The van der Waals surface area contributed by atoms with Crippen LogP contribution < -0.4 is 0 Å². The molecule has 2 aromatic rings. The van der Waals surface area contributed by atoms with E-state index >= 15 is 0 Å². The Labute approximate surface area is 109 Å². The van der Waals surface area contributed by atoms with Crippen molar-refractivity contribution in [3.05, 3.63) is 63.7 Å². The lowest BCUT2D eigenvalue weighted by Gasteiger charge is -1.98. The van der Waals surface area contributed by atoms with Crippen LogP contribution in [-0.4, -0.2) is 15.1 Å². The highest BCUT2D eigenvalue weighted by atomic mass is 16.6. The van der Waals surface area contributed by atoms with Crippen molar-refractivity contribution < 1.29 is 15.1 Å². The van der Waals surface area contributed by atoms with Crippen molar-refractivity contribution in [2.24, 2.45) is 0 Å². The molecule has 0 aliphatic rings. The lowest BCUT2D eigenvalue weighted by molar-refractivity contribution is -0.384. The van der Waals surface area contributed by atoms with Gasteiger partial charge in [0, 0.05) is 18.2 Å². The number of nitro benzene ring substituents is 1. The molecule has 2 aromatic carbocycles. The number of non-ortho nitro benzene ring substituents is 1. The van der Waals surface area contributed by atoms with Gasteiger partial charge in [0.05, 0.1) is 4.92 Å². The quantitative estimate of drug-likeness (QED) is 0.502. The van der Waals surface area contributed by atoms with Crippen LogP contribution in [0.4, 0.5) is 5.69 Å². The van der Waals surface area contributed by atoms with Crippen molar-refractivity contribution in [2.75, 3.05) is 0 Å². The molecule has 0 heterocycles. The second-order valence-electron chi connectivity index (χ2n) is 3.97. The molecular formula is C14H11NO4. The van der Waals surface area contributed by atoms with Crippen LogP contribution in [0, 0.1) is 10.1 Å². The number of hydrogen-bond donors (Lipinski definition) is 2. The van der Waals surface area contributed by atoms with E-state index in [-0.39, 0.29) is 17.2 Å². The molecule has 2 N–H and O–H groups in total. The van der Waals surface area contributed by atoms with Crippen LogP contribution in [0.5, 0.6) is 11.5 Å². The summed E-state index contributed by atoms with van der Waals surface area (Å²) in [6.07, 6.45) is 3.32. The fourth-order valence-corrected chi connectivity index (χ4v) is 1.65. The summed E-state index contributed by atoms with van der Waals surface area (Å²) in [5.74, 6) is -0.0858. The van der Waals surface area contributed by atoms with Crippen LogP contribution in [0.25, 0.3) is 12.2 Å².